The molecule has 10 atom stereocenters. The van der Waals surface area contributed by atoms with Crippen LogP contribution < -0.4 is 4.74 Å². The molecular weight excluding hydrogens is 524 g/mol. The van der Waals surface area contributed by atoms with Crippen molar-refractivity contribution in [3.8, 4) is 5.75 Å². The van der Waals surface area contributed by atoms with Crippen LogP contribution in [0, 0.1) is 62.6 Å². The molecule has 0 bridgehead atoms. The van der Waals surface area contributed by atoms with Crippen molar-refractivity contribution in [3.05, 3.63) is 35.9 Å². The van der Waals surface area contributed by atoms with Gasteiger partial charge in [-0.15, -0.1) is 0 Å². The van der Waals surface area contributed by atoms with Crippen LogP contribution in [0.4, 0.5) is 0 Å². The largest absolute Gasteiger partial charge is 0.481 e. The Balaban J connectivity index is 1.39. The fourth-order valence-electron chi connectivity index (χ4n) is 12.6. The molecule has 4 saturated carbocycles. The fourth-order valence-corrected chi connectivity index (χ4v) is 12.6. The summed E-state index contributed by atoms with van der Waals surface area (Å²) >= 11 is 0. The van der Waals surface area contributed by atoms with Gasteiger partial charge in [0.2, 0.25) is 0 Å². The zero-order chi connectivity index (χ0) is 30.5. The van der Waals surface area contributed by atoms with E-state index in [1.54, 1.807) is 0 Å². The van der Waals surface area contributed by atoms with Gasteiger partial charge in [-0.05, 0) is 126 Å². The van der Waals surface area contributed by atoms with Crippen LogP contribution in [0.5, 0.6) is 5.75 Å². The molecule has 5 aliphatic rings. The van der Waals surface area contributed by atoms with Gasteiger partial charge in [0.1, 0.15) is 5.75 Å². The van der Waals surface area contributed by atoms with Gasteiger partial charge in [0.15, 0.2) is 0 Å². The van der Waals surface area contributed by atoms with Crippen LogP contribution in [0.2, 0.25) is 0 Å². The van der Waals surface area contributed by atoms with Gasteiger partial charge in [-0.3, -0.25) is 9.59 Å². The molecule has 0 aliphatic heterocycles. The molecule has 0 radical (unpaired) electrons. The lowest BCUT2D eigenvalue weighted by Crippen LogP contribution is -2.68. The molecule has 42 heavy (non-hydrogen) atoms. The molecule has 0 aromatic heterocycles. The Labute approximate surface area is 252 Å². The highest BCUT2D eigenvalue weighted by molar-refractivity contribution is 5.76. The lowest BCUT2D eigenvalue weighted by atomic mass is 9.32. The van der Waals surface area contributed by atoms with E-state index in [1.165, 1.54) is 5.57 Å². The second-order valence-electron chi connectivity index (χ2n) is 16.4. The number of carboxylic acids is 1. The molecule has 0 unspecified atom stereocenters. The summed E-state index contributed by atoms with van der Waals surface area (Å²) in [6.45, 7) is 17.2. The number of hydrogen-bond donors (Lipinski definition) is 2. The zero-order valence-corrected chi connectivity index (χ0v) is 26.8. The van der Waals surface area contributed by atoms with Crippen LogP contribution in [0.3, 0.4) is 0 Å². The average Bonchev–Trinajstić information content (AvgIpc) is 3.34. The molecule has 0 heterocycles. The van der Waals surface area contributed by atoms with Gasteiger partial charge in [0.05, 0.1) is 11.5 Å². The van der Waals surface area contributed by atoms with Crippen molar-refractivity contribution in [1.29, 1.82) is 0 Å². The second-order valence-corrected chi connectivity index (χ2v) is 16.4. The van der Waals surface area contributed by atoms with E-state index in [0.29, 0.717) is 41.8 Å². The molecule has 4 fully saturated rings. The van der Waals surface area contributed by atoms with Crippen molar-refractivity contribution in [2.75, 3.05) is 0 Å². The normalized spacial score (nSPS) is 45.6. The number of ether oxygens (including phenoxy) is 1. The number of hydrogen-bond acceptors (Lipinski definition) is 4. The van der Waals surface area contributed by atoms with Crippen LogP contribution >= 0.6 is 0 Å². The minimum Gasteiger partial charge on any atom is -0.481 e. The third-order valence-corrected chi connectivity index (χ3v) is 14.8. The molecule has 0 spiro atoms. The van der Waals surface area contributed by atoms with Gasteiger partial charge in [-0.25, -0.2) is 0 Å². The maximum atomic E-state index is 13.0. The monoisotopic (exact) mass is 576 g/mol. The van der Waals surface area contributed by atoms with E-state index < -0.39 is 17.5 Å². The first-order valence-electron chi connectivity index (χ1n) is 16.5. The Morgan fingerprint density at radius 3 is 2.21 bits per heavy atom. The maximum Gasteiger partial charge on any atom is 0.309 e. The molecule has 1 aromatic rings. The minimum atomic E-state index is -0.558. The highest BCUT2D eigenvalue weighted by atomic mass is 16.5. The van der Waals surface area contributed by atoms with Crippen LogP contribution in [0.25, 0.3) is 5.57 Å². The molecule has 0 saturated heterocycles. The van der Waals surface area contributed by atoms with Crippen molar-refractivity contribution < 1.29 is 24.5 Å². The molecule has 5 aliphatic carbocycles. The van der Waals surface area contributed by atoms with Crippen molar-refractivity contribution >= 4 is 18.0 Å². The highest BCUT2D eigenvalue weighted by Crippen LogP contribution is 2.77. The summed E-state index contributed by atoms with van der Waals surface area (Å²) in [5, 5.41) is 22.8. The fraction of sp³-hybridized carbons (Fsp3) is 0.730. The summed E-state index contributed by atoms with van der Waals surface area (Å²) in [5.74, 6) is 2.32. The Kier molecular flexibility index (Phi) is 6.89. The molecule has 5 nitrogen and oxygen atoms in total. The Bertz CT molecular complexity index is 1280. The van der Waals surface area contributed by atoms with Crippen LogP contribution in [0.15, 0.2) is 30.3 Å². The molecular formula is C37H52O5. The highest BCUT2D eigenvalue weighted by Gasteiger charge is 2.72. The van der Waals surface area contributed by atoms with E-state index in [0.717, 1.165) is 56.9 Å². The minimum absolute atomic E-state index is 0.0478. The zero-order valence-electron chi connectivity index (χ0n) is 26.8. The number of aliphatic hydroxyl groups excluding tert-OH is 1. The molecule has 2 N–H and O–H groups in total. The van der Waals surface area contributed by atoms with E-state index in [2.05, 4.69) is 54.5 Å². The standard InChI is InChI=1S/C37H52O5/c1-22(2)25-14-17-37(32(40)41)19-18-34(5)26(31(25)37)12-13-29-35(34,6)16-15-28-33(3,4)27(20-30(39)36(28,29)7)23-8-10-24(11-9-23)42-21-38/h8-11,20-22,25-26,28-31,39H,12-19H2,1-7H3,(H,40,41)/t25-,26+,28-,29-,30-,31+,34+,35+,36-,37-/m0/s1. The SMILES string of the molecule is CC(C)[C@@H]1CC[C@]2(C(=O)O)CC[C@]3(C)[C@H](CC[C@@H]4[C@@]5(C)[C@@H](O)C=C(c6ccc(OC=O)cc6)C(C)(C)[C@@H]5CC[C@]43C)[C@@H]12. The first kappa shape index (κ1) is 29.9. The third kappa shape index (κ3) is 3.70. The van der Waals surface area contributed by atoms with Gasteiger partial charge in [0, 0.05) is 5.41 Å². The quantitative estimate of drug-likeness (QED) is 0.347. The number of rotatable bonds is 5. The number of fused-ring (bicyclic) bond motifs is 7. The number of carboxylic acid groups (broad SMARTS) is 1. The van der Waals surface area contributed by atoms with Crippen LogP contribution in [-0.4, -0.2) is 28.8 Å². The number of aliphatic carboxylic acids is 1. The Morgan fingerprint density at radius 2 is 1.60 bits per heavy atom. The second kappa shape index (κ2) is 9.68. The summed E-state index contributed by atoms with van der Waals surface area (Å²) in [6, 6.07) is 7.66. The first-order chi connectivity index (χ1) is 19.7. The van der Waals surface area contributed by atoms with Gasteiger partial charge in [-0.1, -0.05) is 66.7 Å². The van der Waals surface area contributed by atoms with E-state index in [4.69, 9.17) is 4.74 Å². The lowest BCUT2D eigenvalue weighted by molar-refractivity contribution is -0.244. The summed E-state index contributed by atoms with van der Waals surface area (Å²) in [5.41, 5.74) is 1.40. The Morgan fingerprint density at radius 1 is 0.905 bits per heavy atom. The van der Waals surface area contributed by atoms with E-state index in [9.17, 15) is 19.8 Å². The number of carbonyl (C=O) groups is 2. The lowest BCUT2D eigenvalue weighted by Gasteiger charge is -2.72. The number of aliphatic hydroxyl groups is 1. The van der Waals surface area contributed by atoms with Gasteiger partial charge < -0.3 is 14.9 Å². The van der Waals surface area contributed by atoms with Crippen molar-refractivity contribution in [2.45, 2.75) is 106 Å². The van der Waals surface area contributed by atoms with Gasteiger partial charge in [-0.2, -0.15) is 0 Å². The molecule has 230 valence electrons. The summed E-state index contributed by atoms with van der Waals surface area (Å²) in [4.78, 5) is 23.8. The molecule has 1 aromatic carbocycles. The van der Waals surface area contributed by atoms with E-state index >= 15 is 0 Å². The van der Waals surface area contributed by atoms with E-state index in [1.807, 2.05) is 24.3 Å². The predicted molar refractivity (Wildman–Crippen MR) is 165 cm³/mol. The van der Waals surface area contributed by atoms with Gasteiger partial charge >= 0.3 is 5.97 Å². The van der Waals surface area contributed by atoms with Crippen molar-refractivity contribution in [1.82, 2.24) is 0 Å². The molecule has 5 heteroatoms. The molecule has 6 rings (SSSR count). The van der Waals surface area contributed by atoms with Crippen LogP contribution in [-0.2, 0) is 9.59 Å². The summed E-state index contributed by atoms with van der Waals surface area (Å²) < 4.78 is 5.03. The predicted octanol–water partition coefficient (Wildman–Crippen LogP) is 8.01. The van der Waals surface area contributed by atoms with Crippen molar-refractivity contribution in [2.24, 2.45) is 62.6 Å². The topological polar surface area (TPSA) is 83.8 Å². The number of carbonyl (C=O) groups excluding carboxylic acids is 1. The average molecular weight is 577 g/mol. The Hall–Kier alpha value is -2.14. The van der Waals surface area contributed by atoms with Crippen LogP contribution in [0.1, 0.15) is 105 Å². The number of benzene rings is 1. The van der Waals surface area contributed by atoms with Gasteiger partial charge in [0.25, 0.3) is 6.47 Å². The third-order valence-electron chi connectivity index (χ3n) is 14.8. The van der Waals surface area contributed by atoms with E-state index in [-0.39, 0.29) is 27.6 Å². The first-order valence-corrected chi connectivity index (χ1v) is 16.5. The van der Waals surface area contributed by atoms with Crippen molar-refractivity contribution in [3.63, 3.8) is 0 Å². The number of allylic oxidation sites excluding steroid dienone is 1. The smallest absolute Gasteiger partial charge is 0.309 e. The molecule has 0 amide bonds. The summed E-state index contributed by atoms with van der Waals surface area (Å²) in [6.07, 6.45) is 9.56. The maximum absolute atomic E-state index is 13.0. The summed E-state index contributed by atoms with van der Waals surface area (Å²) in [7, 11) is 0.